The first kappa shape index (κ1) is 16.8. The van der Waals surface area contributed by atoms with E-state index < -0.39 is 0 Å². The summed E-state index contributed by atoms with van der Waals surface area (Å²) >= 11 is 1.71. The first-order valence-corrected chi connectivity index (χ1v) is 9.45. The van der Waals surface area contributed by atoms with E-state index in [0.29, 0.717) is 0 Å². The molecule has 0 amide bonds. The average Bonchev–Trinajstić information content (AvgIpc) is 3.16. The predicted octanol–water partition coefficient (Wildman–Crippen LogP) is 3.00. The average molecular weight is 344 g/mol. The van der Waals surface area contributed by atoms with Gasteiger partial charge in [-0.05, 0) is 59.3 Å². The van der Waals surface area contributed by atoms with Gasteiger partial charge in [0.2, 0.25) is 0 Å². The van der Waals surface area contributed by atoms with Crippen LogP contribution in [0.25, 0.3) is 0 Å². The zero-order valence-corrected chi connectivity index (χ0v) is 15.0. The third-order valence-corrected chi connectivity index (χ3v) is 4.95. The lowest BCUT2D eigenvalue weighted by Crippen LogP contribution is -2.36. The Morgan fingerprint density at radius 3 is 2.67 bits per heavy atom. The van der Waals surface area contributed by atoms with Crippen LogP contribution in [0.2, 0.25) is 0 Å². The van der Waals surface area contributed by atoms with Crippen LogP contribution in [0.3, 0.4) is 0 Å². The van der Waals surface area contributed by atoms with Gasteiger partial charge in [-0.15, -0.1) is 0 Å². The Hall–Kier alpha value is -2.08. The number of rotatable bonds is 5. The Balaban J connectivity index is 1.53. The Morgan fingerprint density at radius 2 is 1.96 bits per heavy atom. The lowest BCUT2D eigenvalue weighted by atomic mass is 10.1. The molecule has 1 aliphatic rings. The molecular formula is C18H25N5S. The Morgan fingerprint density at radius 1 is 1.17 bits per heavy atom. The molecule has 128 valence electrons. The summed E-state index contributed by atoms with van der Waals surface area (Å²) in [6, 6.07) is 6.37. The second kappa shape index (κ2) is 8.68. The number of hydrogen-bond donors (Lipinski definition) is 2. The quantitative estimate of drug-likeness (QED) is 0.647. The van der Waals surface area contributed by atoms with E-state index in [-0.39, 0.29) is 0 Å². The minimum absolute atomic E-state index is 0.743. The molecule has 0 bridgehead atoms. The molecule has 5 nitrogen and oxygen atoms in total. The van der Waals surface area contributed by atoms with Crippen LogP contribution in [-0.2, 0) is 13.1 Å². The highest BCUT2D eigenvalue weighted by atomic mass is 32.1. The maximum absolute atomic E-state index is 4.53. The summed E-state index contributed by atoms with van der Waals surface area (Å²) in [4.78, 5) is 11.2. The minimum Gasteiger partial charge on any atom is -0.357 e. The molecule has 0 aliphatic carbocycles. The van der Waals surface area contributed by atoms with Gasteiger partial charge in [0.05, 0.1) is 0 Å². The molecule has 3 rings (SSSR count). The Bertz CT molecular complexity index is 647. The number of anilines is 1. The largest absolute Gasteiger partial charge is 0.357 e. The molecule has 2 N–H and O–H groups in total. The van der Waals surface area contributed by atoms with Crippen LogP contribution in [0.5, 0.6) is 0 Å². The van der Waals surface area contributed by atoms with Gasteiger partial charge >= 0.3 is 0 Å². The molecule has 24 heavy (non-hydrogen) atoms. The molecule has 1 saturated heterocycles. The SMILES string of the molecule is CN=C(NCc1ccsc1)NCc1ccnc(N2CCCCC2)c1. The summed E-state index contributed by atoms with van der Waals surface area (Å²) in [5.74, 6) is 1.91. The van der Waals surface area contributed by atoms with Gasteiger partial charge in [-0.1, -0.05) is 0 Å². The lowest BCUT2D eigenvalue weighted by molar-refractivity contribution is 0.573. The number of nitrogens with zero attached hydrogens (tertiary/aromatic N) is 3. The highest BCUT2D eigenvalue weighted by Gasteiger charge is 2.12. The van der Waals surface area contributed by atoms with Crippen LogP contribution >= 0.6 is 11.3 Å². The number of hydrogen-bond acceptors (Lipinski definition) is 4. The zero-order chi connectivity index (χ0) is 16.6. The summed E-state index contributed by atoms with van der Waals surface area (Å²) in [6.45, 7) is 3.77. The molecule has 0 spiro atoms. The molecule has 0 aromatic carbocycles. The number of piperidine rings is 1. The molecule has 0 unspecified atom stereocenters. The van der Waals surface area contributed by atoms with Crippen molar-refractivity contribution in [2.75, 3.05) is 25.0 Å². The van der Waals surface area contributed by atoms with Gasteiger partial charge < -0.3 is 15.5 Å². The predicted molar refractivity (Wildman–Crippen MR) is 102 cm³/mol. The van der Waals surface area contributed by atoms with E-state index in [9.17, 15) is 0 Å². The third-order valence-electron chi connectivity index (χ3n) is 4.21. The topological polar surface area (TPSA) is 52.6 Å². The van der Waals surface area contributed by atoms with Gasteiger partial charge in [0, 0.05) is 39.4 Å². The van der Waals surface area contributed by atoms with Gasteiger partial charge in [0.15, 0.2) is 5.96 Å². The monoisotopic (exact) mass is 343 g/mol. The molecule has 3 heterocycles. The molecule has 0 atom stereocenters. The van der Waals surface area contributed by atoms with Crippen molar-refractivity contribution >= 4 is 23.1 Å². The van der Waals surface area contributed by atoms with Crippen LogP contribution in [0.4, 0.5) is 5.82 Å². The van der Waals surface area contributed by atoms with Crippen LogP contribution in [0.1, 0.15) is 30.4 Å². The second-order valence-corrected chi connectivity index (χ2v) is 6.76. The van der Waals surface area contributed by atoms with Crippen LogP contribution < -0.4 is 15.5 Å². The molecule has 2 aromatic rings. The smallest absolute Gasteiger partial charge is 0.191 e. The summed E-state index contributed by atoms with van der Waals surface area (Å²) in [5, 5.41) is 11.0. The van der Waals surface area contributed by atoms with Crippen molar-refractivity contribution in [1.29, 1.82) is 0 Å². The van der Waals surface area contributed by atoms with Crippen molar-refractivity contribution in [1.82, 2.24) is 15.6 Å². The summed E-state index contributed by atoms with van der Waals surface area (Å²) < 4.78 is 0. The van der Waals surface area contributed by atoms with Gasteiger partial charge in [0.1, 0.15) is 5.82 Å². The van der Waals surface area contributed by atoms with Crippen LogP contribution in [-0.4, -0.2) is 31.1 Å². The molecular weight excluding hydrogens is 318 g/mol. The zero-order valence-electron chi connectivity index (χ0n) is 14.2. The fourth-order valence-electron chi connectivity index (χ4n) is 2.85. The highest BCUT2D eigenvalue weighted by molar-refractivity contribution is 7.07. The van der Waals surface area contributed by atoms with E-state index >= 15 is 0 Å². The normalized spacial score (nSPS) is 15.4. The number of pyridine rings is 1. The van der Waals surface area contributed by atoms with Gasteiger partial charge in [-0.25, -0.2) is 4.98 Å². The van der Waals surface area contributed by atoms with E-state index in [1.165, 1.54) is 30.4 Å². The fraction of sp³-hybridized carbons (Fsp3) is 0.444. The van der Waals surface area contributed by atoms with Crippen molar-refractivity contribution in [3.63, 3.8) is 0 Å². The van der Waals surface area contributed by atoms with Crippen LogP contribution in [0, 0.1) is 0 Å². The molecule has 0 radical (unpaired) electrons. The molecule has 1 fully saturated rings. The standard InChI is InChI=1S/C18H25N5S/c1-19-18(22-13-16-6-10-24-14-16)21-12-15-5-7-20-17(11-15)23-8-3-2-4-9-23/h5-7,10-11,14H,2-4,8-9,12-13H2,1H3,(H2,19,21,22). The van der Waals surface area contributed by atoms with E-state index in [2.05, 4.69) is 54.5 Å². The van der Waals surface area contributed by atoms with E-state index in [0.717, 1.165) is 38.0 Å². The maximum Gasteiger partial charge on any atom is 0.191 e. The second-order valence-electron chi connectivity index (χ2n) is 5.98. The van der Waals surface area contributed by atoms with Gasteiger partial charge in [0.25, 0.3) is 0 Å². The number of thiophene rings is 1. The Labute approximate surface area is 147 Å². The molecule has 0 saturated carbocycles. The third kappa shape index (κ3) is 4.71. The van der Waals surface area contributed by atoms with Gasteiger partial charge in [-0.2, -0.15) is 11.3 Å². The van der Waals surface area contributed by atoms with Crippen molar-refractivity contribution in [2.24, 2.45) is 4.99 Å². The van der Waals surface area contributed by atoms with E-state index in [4.69, 9.17) is 0 Å². The van der Waals surface area contributed by atoms with E-state index in [1.807, 2.05) is 6.20 Å². The van der Waals surface area contributed by atoms with E-state index in [1.54, 1.807) is 18.4 Å². The number of guanidine groups is 1. The fourth-order valence-corrected chi connectivity index (χ4v) is 3.52. The van der Waals surface area contributed by atoms with Crippen molar-refractivity contribution in [3.05, 3.63) is 46.3 Å². The van der Waals surface area contributed by atoms with Crippen molar-refractivity contribution in [3.8, 4) is 0 Å². The number of aromatic nitrogens is 1. The van der Waals surface area contributed by atoms with Crippen molar-refractivity contribution < 1.29 is 0 Å². The minimum atomic E-state index is 0.743. The summed E-state index contributed by atoms with van der Waals surface area (Å²) in [6.07, 6.45) is 5.78. The van der Waals surface area contributed by atoms with Gasteiger partial charge in [-0.3, -0.25) is 4.99 Å². The number of nitrogens with one attached hydrogen (secondary N) is 2. The number of aliphatic imine (C=N–C) groups is 1. The van der Waals surface area contributed by atoms with Crippen molar-refractivity contribution in [2.45, 2.75) is 32.4 Å². The summed E-state index contributed by atoms with van der Waals surface area (Å²) in [5.41, 5.74) is 2.50. The first-order valence-electron chi connectivity index (χ1n) is 8.50. The maximum atomic E-state index is 4.53. The summed E-state index contributed by atoms with van der Waals surface area (Å²) in [7, 11) is 1.80. The Kier molecular flexibility index (Phi) is 6.07. The molecule has 1 aliphatic heterocycles. The molecule has 6 heteroatoms. The highest BCUT2D eigenvalue weighted by Crippen LogP contribution is 2.18. The van der Waals surface area contributed by atoms with Crippen LogP contribution in [0.15, 0.2) is 40.1 Å². The lowest BCUT2D eigenvalue weighted by Gasteiger charge is -2.28. The molecule has 2 aromatic heterocycles. The first-order chi connectivity index (χ1) is 11.8.